The van der Waals surface area contributed by atoms with Crippen molar-refractivity contribution in [3.8, 4) is 16.8 Å². The number of esters is 1. The molecule has 4 N–H and O–H groups in total. The van der Waals surface area contributed by atoms with Crippen molar-refractivity contribution in [2.75, 3.05) is 17.6 Å². The number of benzene rings is 3. The van der Waals surface area contributed by atoms with E-state index in [1.807, 2.05) is 4.72 Å². The topological polar surface area (TPSA) is 166 Å². The quantitative estimate of drug-likeness (QED) is 0.258. The SMILES string of the molecule is COC(=O)c1ccc(-n2c(N)nc3ccc(-c4c[nH]c(=O)c(NS(=O)(=O)c5ccc(F)cc5F)c4)cc3c2=O)cc1. The molecular weight excluding hydrogens is 560 g/mol. The van der Waals surface area contributed by atoms with Crippen molar-refractivity contribution in [1.82, 2.24) is 14.5 Å². The van der Waals surface area contributed by atoms with E-state index < -0.39 is 49.3 Å². The molecule has 41 heavy (non-hydrogen) atoms. The molecule has 208 valence electrons. The average molecular weight is 580 g/mol. The predicted octanol–water partition coefficient (Wildman–Crippen LogP) is 3.19. The maximum absolute atomic E-state index is 14.1. The summed E-state index contributed by atoms with van der Waals surface area (Å²) in [6.45, 7) is 0. The van der Waals surface area contributed by atoms with Crippen molar-refractivity contribution in [3.63, 3.8) is 0 Å². The van der Waals surface area contributed by atoms with Gasteiger partial charge in [0.05, 0.1) is 29.3 Å². The van der Waals surface area contributed by atoms with Crippen molar-refractivity contribution >= 4 is 38.5 Å². The lowest BCUT2D eigenvalue weighted by Crippen LogP contribution is -2.23. The minimum atomic E-state index is -4.59. The number of fused-ring (bicyclic) bond motifs is 1. The number of nitrogens with one attached hydrogen (secondary N) is 2. The maximum atomic E-state index is 14.1. The van der Waals surface area contributed by atoms with Gasteiger partial charge in [-0.1, -0.05) is 6.07 Å². The molecular formula is C27H19F2N5O6S. The first-order chi connectivity index (χ1) is 19.5. The summed E-state index contributed by atoms with van der Waals surface area (Å²) in [5, 5.41) is 0.149. The van der Waals surface area contributed by atoms with Crippen LogP contribution in [-0.2, 0) is 14.8 Å². The number of carbonyl (C=O) groups is 1. The molecule has 0 atom stereocenters. The third-order valence-electron chi connectivity index (χ3n) is 6.11. The van der Waals surface area contributed by atoms with Crippen molar-refractivity contribution < 1.29 is 26.7 Å². The number of hydrogen-bond acceptors (Lipinski definition) is 8. The third-order valence-corrected chi connectivity index (χ3v) is 7.50. The summed E-state index contributed by atoms with van der Waals surface area (Å²) in [7, 11) is -3.35. The molecule has 3 aromatic carbocycles. The molecule has 11 nitrogen and oxygen atoms in total. The fourth-order valence-corrected chi connectivity index (χ4v) is 5.23. The molecule has 0 bridgehead atoms. The van der Waals surface area contributed by atoms with E-state index in [4.69, 9.17) is 5.73 Å². The zero-order valence-electron chi connectivity index (χ0n) is 21.0. The van der Waals surface area contributed by atoms with Crippen LogP contribution in [0, 0.1) is 11.6 Å². The Kier molecular flexibility index (Phi) is 6.84. The van der Waals surface area contributed by atoms with Crippen LogP contribution in [0.25, 0.3) is 27.7 Å². The number of aromatic amines is 1. The van der Waals surface area contributed by atoms with E-state index in [0.717, 1.165) is 16.7 Å². The molecule has 0 spiro atoms. The second-order valence-corrected chi connectivity index (χ2v) is 10.3. The third kappa shape index (κ3) is 5.15. The summed E-state index contributed by atoms with van der Waals surface area (Å²) in [5.41, 5.74) is 5.85. The summed E-state index contributed by atoms with van der Waals surface area (Å²) in [4.78, 5) is 43.5. The molecule has 0 saturated heterocycles. The number of aromatic nitrogens is 3. The fourth-order valence-electron chi connectivity index (χ4n) is 4.12. The van der Waals surface area contributed by atoms with Crippen LogP contribution in [0.5, 0.6) is 0 Å². The van der Waals surface area contributed by atoms with Crippen molar-refractivity contribution in [3.05, 3.63) is 111 Å². The summed E-state index contributed by atoms with van der Waals surface area (Å²) in [6.07, 6.45) is 1.30. The second-order valence-electron chi connectivity index (χ2n) is 8.69. The van der Waals surface area contributed by atoms with Gasteiger partial charge in [0, 0.05) is 17.8 Å². The summed E-state index contributed by atoms with van der Waals surface area (Å²) in [5.74, 6) is -2.95. The number of halogens is 2. The monoisotopic (exact) mass is 579 g/mol. The van der Waals surface area contributed by atoms with Crippen LogP contribution in [0.15, 0.2) is 87.4 Å². The highest BCUT2D eigenvalue weighted by molar-refractivity contribution is 7.92. The van der Waals surface area contributed by atoms with Crippen LogP contribution in [0.1, 0.15) is 10.4 Å². The fraction of sp³-hybridized carbons (Fsp3) is 0.0370. The van der Waals surface area contributed by atoms with Crippen LogP contribution in [0.3, 0.4) is 0 Å². The molecule has 0 saturated carbocycles. The van der Waals surface area contributed by atoms with E-state index in [-0.39, 0.29) is 22.4 Å². The number of H-pyrrole nitrogens is 1. The van der Waals surface area contributed by atoms with Gasteiger partial charge in [-0.15, -0.1) is 0 Å². The van der Waals surface area contributed by atoms with Crippen LogP contribution in [0.2, 0.25) is 0 Å². The highest BCUT2D eigenvalue weighted by Gasteiger charge is 2.21. The number of sulfonamides is 1. The Bertz CT molecular complexity index is 2080. The van der Waals surface area contributed by atoms with Gasteiger partial charge in [-0.25, -0.2) is 31.5 Å². The Morgan fingerprint density at radius 2 is 1.73 bits per heavy atom. The van der Waals surface area contributed by atoms with Gasteiger partial charge in [0.1, 0.15) is 22.2 Å². The van der Waals surface area contributed by atoms with Crippen LogP contribution < -0.4 is 21.6 Å². The first-order valence-corrected chi connectivity index (χ1v) is 13.2. The number of hydrogen-bond donors (Lipinski definition) is 3. The minimum absolute atomic E-state index is 0.102. The van der Waals surface area contributed by atoms with Gasteiger partial charge >= 0.3 is 5.97 Å². The molecule has 0 radical (unpaired) electrons. The molecule has 5 rings (SSSR count). The minimum Gasteiger partial charge on any atom is -0.465 e. The molecule has 2 aromatic heterocycles. The van der Waals surface area contributed by atoms with E-state index >= 15 is 0 Å². The van der Waals surface area contributed by atoms with Crippen molar-refractivity contribution in [1.29, 1.82) is 0 Å². The van der Waals surface area contributed by atoms with Crippen molar-refractivity contribution in [2.24, 2.45) is 0 Å². The highest BCUT2D eigenvalue weighted by atomic mass is 32.2. The van der Waals surface area contributed by atoms with E-state index in [2.05, 4.69) is 14.7 Å². The van der Waals surface area contributed by atoms with Crippen molar-refractivity contribution in [2.45, 2.75) is 4.90 Å². The highest BCUT2D eigenvalue weighted by Crippen LogP contribution is 2.25. The standard InChI is InChI=1S/C27H19F2N5O6S/c1-40-26(37)14-2-6-18(7-3-14)34-25(36)19-10-15(4-8-21(19)32-27(34)30)16-11-22(24(35)31-13-16)33-41(38,39)23-9-5-17(28)12-20(23)29/h2-13,33H,1H3,(H2,30,32)(H,31,35). The van der Waals surface area contributed by atoms with Crippen LogP contribution in [0.4, 0.5) is 20.4 Å². The van der Waals surface area contributed by atoms with Gasteiger partial charge in [0.2, 0.25) is 5.95 Å². The number of nitrogen functional groups attached to an aromatic ring is 1. The number of carbonyl (C=O) groups excluding carboxylic acids is 1. The number of rotatable bonds is 6. The van der Waals surface area contributed by atoms with E-state index in [1.54, 1.807) is 6.07 Å². The lowest BCUT2D eigenvalue weighted by atomic mass is 10.1. The number of ether oxygens (including phenoxy) is 1. The maximum Gasteiger partial charge on any atom is 0.337 e. The zero-order valence-corrected chi connectivity index (χ0v) is 21.8. The van der Waals surface area contributed by atoms with Crippen LogP contribution >= 0.6 is 0 Å². The number of anilines is 2. The Hall–Kier alpha value is -5.37. The molecule has 0 aliphatic carbocycles. The largest absolute Gasteiger partial charge is 0.465 e. The normalized spacial score (nSPS) is 11.4. The number of methoxy groups -OCH3 is 1. The molecule has 5 aromatic rings. The first kappa shape index (κ1) is 27.2. The lowest BCUT2D eigenvalue weighted by Gasteiger charge is -2.12. The van der Waals surface area contributed by atoms with E-state index in [1.165, 1.54) is 55.8 Å². The average Bonchev–Trinajstić information content (AvgIpc) is 2.93. The Morgan fingerprint density at radius 3 is 2.41 bits per heavy atom. The molecule has 0 unspecified atom stereocenters. The van der Waals surface area contributed by atoms with Gasteiger partial charge in [-0.3, -0.25) is 14.3 Å². The predicted molar refractivity (Wildman–Crippen MR) is 146 cm³/mol. The van der Waals surface area contributed by atoms with Gasteiger partial charge in [0.25, 0.3) is 21.1 Å². The van der Waals surface area contributed by atoms with Crippen LogP contribution in [-0.4, -0.2) is 36.0 Å². The molecule has 0 aliphatic rings. The number of pyridine rings is 1. The molecule has 0 aliphatic heterocycles. The molecule has 2 heterocycles. The van der Waals surface area contributed by atoms with Gasteiger partial charge in [0.15, 0.2) is 0 Å². The Labute approximate surface area is 229 Å². The first-order valence-electron chi connectivity index (χ1n) is 11.7. The molecule has 14 heteroatoms. The van der Waals surface area contributed by atoms with Gasteiger partial charge in [-0.05, 0) is 60.2 Å². The Balaban J connectivity index is 1.55. The van der Waals surface area contributed by atoms with Gasteiger partial charge < -0.3 is 15.5 Å². The lowest BCUT2D eigenvalue weighted by molar-refractivity contribution is 0.0600. The second kappa shape index (κ2) is 10.3. The van der Waals surface area contributed by atoms with Gasteiger partial charge in [-0.2, -0.15) is 0 Å². The molecule has 0 fully saturated rings. The summed E-state index contributed by atoms with van der Waals surface area (Å²) < 4.78 is 60.6. The van der Waals surface area contributed by atoms with E-state index in [0.29, 0.717) is 22.9 Å². The summed E-state index contributed by atoms with van der Waals surface area (Å²) >= 11 is 0. The number of nitrogens with zero attached hydrogens (tertiary/aromatic N) is 2. The molecule has 0 amide bonds. The van der Waals surface area contributed by atoms with E-state index in [9.17, 15) is 31.6 Å². The smallest absolute Gasteiger partial charge is 0.337 e. The number of nitrogens with two attached hydrogens (primary N) is 1. The summed E-state index contributed by atoms with van der Waals surface area (Å²) in [6, 6.07) is 13.6. The Morgan fingerprint density at radius 1 is 1.00 bits per heavy atom. The zero-order chi connectivity index (χ0) is 29.5.